The van der Waals surface area contributed by atoms with E-state index in [0.717, 1.165) is 5.56 Å². The van der Waals surface area contributed by atoms with Gasteiger partial charge in [-0.1, -0.05) is 11.6 Å². The lowest BCUT2D eigenvalue weighted by Crippen LogP contribution is -2.13. The van der Waals surface area contributed by atoms with Gasteiger partial charge in [0.15, 0.2) is 0 Å². The van der Waals surface area contributed by atoms with Gasteiger partial charge in [0, 0.05) is 11.3 Å². The minimum absolute atomic E-state index is 0.162. The van der Waals surface area contributed by atoms with Crippen LogP contribution in [-0.4, -0.2) is 27.9 Å². The first-order chi connectivity index (χ1) is 7.58. The number of carbonyl (C=O) groups is 1. The first kappa shape index (κ1) is 10.7. The SMILES string of the molecule is Cc1ccc(O)c(C2=NC(C(=O)O)CC2)c1. The van der Waals surface area contributed by atoms with E-state index in [1.165, 1.54) is 0 Å². The highest BCUT2D eigenvalue weighted by Crippen LogP contribution is 2.25. The van der Waals surface area contributed by atoms with Crippen molar-refractivity contribution in [3.05, 3.63) is 29.3 Å². The second kappa shape index (κ2) is 3.96. The number of aromatic hydroxyl groups is 1. The summed E-state index contributed by atoms with van der Waals surface area (Å²) >= 11 is 0. The number of hydrogen-bond acceptors (Lipinski definition) is 3. The number of aliphatic imine (C=N–C) groups is 1. The van der Waals surface area contributed by atoms with Crippen molar-refractivity contribution < 1.29 is 15.0 Å². The smallest absolute Gasteiger partial charge is 0.328 e. The average Bonchev–Trinajstić information content (AvgIpc) is 2.70. The quantitative estimate of drug-likeness (QED) is 0.795. The van der Waals surface area contributed by atoms with Crippen molar-refractivity contribution in [2.24, 2.45) is 4.99 Å². The van der Waals surface area contributed by atoms with Crippen LogP contribution in [0.3, 0.4) is 0 Å². The van der Waals surface area contributed by atoms with Crippen molar-refractivity contribution in [3.8, 4) is 5.75 Å². The number of nitrogens with zero attached hydrogens (tertiary/aromatic N) is 1. The van der Waals surface area contributed by atoms with Crippen LogP contribution in [0, 0.1) is 6.92 Å². The number of carboxylic acid groups (broad SMARTS) is 1. The van der Waals surface area contributed by atoms with E-state index in [0.29, 0.717) is 24.1 Å². The van der Waals surface area contributed by atoms with Gasteiger partial charge in [-0.25, -0.2) is 4.79 Å². The van der Waals surface area contributed by atoms with Gasteiger partial charge in [0.25, 0.3) is 0 Å². The van der Waals surface area contributed by atoms with E-state index >= 15 is 0 Å². The van der Waals surface area contributed by atoms with Crippen LogP contribution in [-0.2, 0) is 4.79 Å². The Kier molecular flexibility index (Phi) is 2.64. The summed E-state index contributed by atoms with van der Waals surface area (Å²) in [7, 11) is 0. The molecule has 0 saturated heterocycles. The molecule has 4 nitrogen and oxygen atoms in total. The van der Waals surface area contributed by atoms with E-state index in [1.54, 1.807) is 6.07 Å². The van der Waals surface area contributed by atoms with Crippen LogP contribution < -0.4 is 0 Å². The Morgan fingerprint density at radius 3 is 2.88 bits per heavy atom. The number of aliphatic carboxylic acids is 1. The predicted octanol–water partition coefficient (Wildman–Crippen LogP) is 1.74. The molecule has 2 N–H and O–H groups in total. The molecule has 2 rings (SSSR count). The number of hydrogen-bond donors (Lipinski definition) is 2. The molecule has 1 atom stereocenters. The fraction of sp³-hybridized carbons (Fsp3) is 0.333. The molecule has 1 aliphatic heterocycles. The van der Waals surface area contributed by atoms with Crippen LogP contribution in [0.5, 0.6) is 5.75 Å². The number of aryl methyl sites for hydroxylation is 1. The van der Waals surface area contributed by atoms with Crippen LogP contribution >= 0.6 is 0 Å². The second-order valence-corrected chi connectivity index (χ2v) is 3.99. The summed E-state index contributed by atoms with van der Waals surface area (Å²) in [5.41, 5.74) is 2.37. The van der Waals surface area contributed by atoms with Gasteiger partial charge in [0.2, 0.25) is 0 Å². The standard InChI is InChI=1S/C12H13NO3/c1-7-2-5-11(14)8(6-7)9-3-4-10(13-9)12(15)16/h2,5-6,10,14H,3-4H2,1H3,(H,15,16). The van der Waals surface area contributed by atoms with Crippen molar-refractivity contribution in [2.45, 2.75) is 25.8 Å². The largest absolute Gasteiger partial charge is 0.507 e. The predicted molar refractivity (Wildman–Crippen MR) is 60.0 cm³/mol. The van der Waals surface area contributed by atoms with Crippen molar-refractivity contribution in [1.82, 2.24) is 0 Å². The van der Waals surface area contributed by atoms with Crippen molar-refractivity contribution in [2.75, 3.05) is 0 Å². The highest BCUT2D eigenvalue weighted by Gasteiger charge is 2.25. The minimum atomic E-state index is -0.901. The molecule has 0 fully saturated rings. The van der Waals surface area contributed by atoms with Crippen LogP contribution in [0.15, 0.2) is 23.2 Å². The average molecular weight is 219 g/mol. The minimum Gasteiger partial charge on any atom is -0.507 e. The van der Waals surface area contributed by atoms with E-state index in [2.05, 4.69) is 4.99 Å². The molecule has 1 heterocycles. The summed E-state index contributed by atoms with van der Waals surface area (Å²) in [5.74, 6) is -0.738. The molecule has 0 aliphatic carbocycles. The monoisotopic (exact) mass is 219 g/mol. The third-order valence-electron chi connectivity index (χ3n) is 2.71. The van der Waals surface area contributed by atoms with Crippen molar-refractivity contribution >= 4 is 11.7 Å². The first-order valence-electron chi connectivity index (χ1n) is 5.17. The molecule has 1 aliphatic rings. The van der Waals surface area contributed by atoms with Crippen LogP contribution in [0.1, 0.15) is 24.0 Å². The molecule has 0 amide bonds. The lowest BCUT2D eigenvalue weighted by molar-refractivity contribution is -0.138. The lowest BCUT2D eigenvalue weighted by Gasteiger charge is -2.04. The summed E-state index contributed by atoms with van der Waals surface area (Å²) in [5, 5.41) is 18.5. The van der Waals surface area contributed by atoms with Crippen LogP contribution in [0.25, 0.3) is 0 Å². The molecule has 0 bridgehead atoms. The van der Waals surface area contributed by atoms with E-state index in [9.17, 15) is 9.90 Å². The highest BCUT2D eigenvalue weighted by molar-refractivity contribution is 6.05. The van der Waals surface area contributed by atoms with Gasteiger partial charge in [0.1, 0.15) is 11.8 Å². The third kappa shape index (κ3) is 1.91. The number of phenolic OH excluding ortho intramolecular Hbond substituents is 1. The Hall–Kier alpha value is -1.84. The summed E-state index contributed by atoms with van der Waals surface area (Å²) in [6, 6.07) is 4.60. The third-order valence-corrected chi connectivity index (χ3v) is 2.71. The van der Waals surface area contributed by atoms with Gasteiger partial charge in [-0.2, -0.15) is 0 Å². The maximum Gasteiger partial charge on any atom is 0.328 e. The molecule has 84 valence electrons. The normalized spacial score (nSPS) is 19.6. The summed E-state index contributed by atoms with van der Waals surface area (Å²) < 4.78 is 0. The molecule has 0 aromatic heterocycles. The van der Waals surface area contributed by atoms with Crippen molar-refractivity contribution in [1.29, 1.82) is 0 Å². The van der Waals surface area contributed by atoms with Crippen LogP contribution in [0.4, 0.5) is 0 Å². The molecular weight excluding hydrogens is 206 g/mol. The second-order valence-electron chi connectivity index (χ2n) is 3.99. The molecular formula is C12H13NO3. The fourth-order valence-corrected chi connectivity index (χ4v) is 1.85. The molecule has 4 heteroatoms. The maximum atomic E-state index is 10.8. The Bertz CT molecular complexity index is 465. The van der Waals surface area contributed by atoms with Gasteiger partial charge in [-0.15, -0.1) is 0 Å². The maximum absolute atomic E-state index is 10.8. The number of rotatable bonds is 2. The van der Waals surface area contributed by atoms with E-state index in [4.69, 9.17) is 5.11 Å². The van der Waals surface area contributed by atoms with Gasteiger partial charge >= 0.3 is 5.97 Å². The van der Waals surface area contributed by atoms with Crippen molar-refractivity contribution in [3.63, 3.8) is 0 Å². The van der Waals surface area contributed by atoms with E-state index in [1.807, 2.05) is 19.1 Å². The fourth-order valence-electron chi connectivity index (χ4n) is 1.85. The molecule has 16 heavy (non-hydrogen) atoms. The number of phenols is 1. The van der Waals surface area contributed by atoms with Gasteiger partial charge in [-0.3, -0.25) is 4.99 Å². The van der Waals surface area contributed by atoms with Crippen LogP contribution in [0.2, 0.25) is 0 Å². The Morgan fingerprint density at radius 2 is 2.25 bits per heavy atom. The zero-order valence-corrected chi connectivity index (χ0v) is 8.97. The molecule has 1 unspecified atom stereocenters. The zero-order chi connectivity index (χ0) is 11.7. The summed E-state index contributed by atoms with van der Waals surface area (Å²) in [4.78, 5) is 14.9. The topological polar surface area (TPSA) is 69.9 Å². The van der Waals surface area contributed by atoms with Gasteiger partial charge in [-0.05, 0) is 31.9 Å². The molecule has 0 radical (unpaired) electrons. The van der Waals surface area contributed by atoms with Gasteiger partial charge in [0.05, 0.1) is 0 Å². The Labute approximate surface area is 93.3 Å². The molecule has 0 spiro atoms. The van der Waals surface area contributed by atoms with E-state index < -0.39 is 12.0 Å². The first-order valence-corrected chi connectivity index (χ1v) is 5.17. The molecule has 1 aromatic carbocycles. The summed E-state index contributed by atoms with van der Waals surface area (Å²) in [6.07, 6.45) is 1.12. The Morgan fingerprint density at radius 1 is 1.50 bits per heavy atom. The Balaban J connectivity index is 2.35. The molecule has 1 aromatic rings. The molecule has 0 saturated carbocycles. The number of benzene rings is 1. The summed E-state index contributed by atoms with van der Waals surface area (Å²) in [6.45, 7) is 1.92. The highest BCUT2D eigenvalue weighted by atomic mass is 16.4. The lowest BCUT2D eigenvalue weighted by atomic mass is 10.0. The zero-order valence-electron chi connectivity index (χ0n) is 8.97. The number of carboxylic acids is 1. The van der Waals surface area contributed by atoms with Gasteiger partial charge < -0.3 is 10.2 Å². The van der Waals surface area contributed by atoms with E-state index in [-0.39, 0.29) is 5.75 Å².